The van der Waals surface area contributed by atoms with E-state index in [0.29, 0.717) is 11.7 Å². The predicted molar refractivity (Wildman–Crippen MR) is 90.7 cm³/mol. The lowest BCUT2D eigenvalue weighted by molar-refractivity contribution is 0.312. The molecule has 6 heteroatoms. The molecule has 3 N–H and O–H groups in total. The molecule has 1 aliphatic carbocycles. The second-order valence-electron chi connectivity index (χ2n) is 6.36. The summed E-state index contributed by atoms with van der Waals surface area (Å²) < 4.78 is 0. The average molecular weight is 311 g/mol. The molecule has 0 spiro atoms. The zero-order valence-electron chi connectivity index (χ0n) is 13.3. The maximum atomic E-state index is 9.70. The first kappa shape index (κ1) is 14.3. The second kappa shape index (κ2) is 5.38. The fourth-order valence-electron chi connectivity index (χ4n) is 3.50. The largest absolute Gasteiger partial charge is 0.508 e. The Kier molecular flexibility index (Phi) is 3.34. The van der Waals surface area contributed by atoms with Crippen molar-refractivity contribution in [3.63, 3.8) is 0 Å². The molecule has 1 aromatic carbocycles. The van der Waals surface area contributed by atoms with Crippen molar-refractivity contribution < 1.29 is 5.11 Å². The smallest absolute Gasteiger partial charge is 0.222 e. The summed E-state index contributed by atoms with van der Waals surface area (Å²) in [5.41, 5.74) is 10.3. The lowest BCUT2D eigenvalue weighted by Crippen LogP contribution is -2.45. The van der Waals surface area contributed by atoms with Gasteiger partial charge in [-0.15, -0.1) is 0 Å². The first-order valence-electron chi connectivity index (χ1n) is 8.04. The number of anilines is 2. The highest BCUT2D eigenvalue weighted by molar-refractivity contribution is 5.76. The maximum Gasteiger partial charge on any atom is 0.222 e. The molecule has 0 amide bonds. The van der Waals surface area contributed by atoms with Gasteiger partial charge in [-0.3, -0.25) is 0 Å². The lowest BCUT2D eigenvalue weighted by atomic mass is 9.89. The summed E-state index contributed by atoms with van der Waals surface area (Å²) in [6.07, 6.45) is 1.78. The van der Waals surface area contributed by atoms with Gasteiger partial charge in [0.25, 0.3) is 0 Å². The van der Waals surface area contributed by atoms with Crippen LogP contribution in [-0.2, 0) is 12.8 Å². The molecule has 1 aromatic heterocycles. The topological polar surface area (TPSA) is 78.5 Å². The van der Waals surface area contributed by atoms with E-state index >= 15 is 0 Å². The molecule has 4 rings (SSSR count). The molecule has 6 nitrogen and oxygen atoms in total. The van der Waals surface area contributed by atoms with Crippen LogP contribution in [-0.4, -0.2) is 53.2 Å². The van der Waals surface area contributed by atoms with E-state index in [-0.39, 0.29) is 0 Å². The minimum absolute atomic E-state index is 0.300. The molecular formula is C17H21N5O. The van der Waals surface area contributed by atoms with Crippen molar-refractivity contribution in [1.82, 2.24) is 14.9 Å². The van der Waals surface area contributed by atoms with Gasteiger partial charge in [0.2, 0.25) is 5.95 Å². The van der Waals surface area contributed by atoms with E-state index in [1.165, 1.54) is 5.56 Å². The summed E-state index contributed by atoms with van der Waals surface area (Å²) in [5.74, 6) is 1.60. The van der Waals surface area contributed by atoms with E-state index < -0.39 is 0 Å². The Hall–Kier alpha value is -2.34. The highest BCUT2D eigenvalue weighted by atomic mass is 16.3. The number of phenols is 1. The molecule has 1 aliphatic heterocycles. The molecule has 2 aromatic rings. The zero-order chi connectivity index (χ0) is 16.0. The molecule has 2 aliphatic rings. The van der Waals surface area contributed by atoms with E-state index in [9.17, 15) is 5.11 Å². The van der Waals surface area contributed by atoms with Crippen molar-refractivity contribution >= 4 is 11.8 Å². The lowest BCUT2D eigenvalue weighted by Gasteiger charge is -2.35. The van der Waals surface area contributed by atoms with Crippen LogP contribution >= 0.6 is 0 Å². The normalized spacial score (nSPS) is 17.7. The van der Waals surface area contributed by atoms with Crippen molar-refractivity contribution in [2.45, 2.75) is 12.8 Å². The van der Waals surface area contributed by atoms with Gasteiger partial charge in [-0.05, 0) is 43.7 Å². The summed E-state index contributed by atoms with van der Waals surface area (Å²) in [6.45, 7) is 3.98. The fraction of sp³-hybridized carbons (Fsp3) is 0.412. The Morgan fingerprint density at radius 3 is 2.65 bits per heavy atom. The van der Waals surface area contributed by atoms with E-state index in [1.807, 2.05) is 12.1 Å². The van der Waals surface area contributed by atoms with Crippen LogP contribution in [0, 0.1) is 0 Å². The molecule has 0 atom stereocenters. The number of benzene rings is 1. The van der Waals surface area contributed by atoms with Gasteiger partial charge >= 0.3 is 0 Å². The molecule has 2 heterocycles. The van der Waals surface area contributed by atoms with Gasteiger partial charge in [0.15, 0.2) is 0 Å². The van der Waals surface area contributed by atoms with Crippen molar-refractivity contribution in [1.29, 1.82) is 0 Å². The Labute approximate surface area is 135 Å². The number of piperazine rings is 1. The predicted octanol–water partition coefficient (Wildman–Crippen LogP) is 1.28. The third-order valence-corrected chi connectivity index (χ3v) is 4.79. The number of hydrogen-bond donors (Lipinski definition) is 2. The van der Waals surface area contributed by atoms with Gasteiger partial charge in [-0.1, -0.05) is 0 Å². The van der Waals surface area contributed by atoms with Crippen LogP contribution in [0.5, 0.6) is 5.75 Å². The molecule has 1 fully saturated rings. The maximum absolute atomic E-state index is 9.70. The van der Waals surface area contributed by atoms with Crippen molar-refractivity contribution in [2.24, 2.45) is 0 Å². The number of nitrogens with two attached hydrogens (primary N) is 1. The van der Waals surface area contributed by atoms with Crippen molar-refractivity contribution in [3.05, 3.63) is 29.3 Å². The summed E-state index contributed by atoms with van der Waals surface area (Å²) >= 11 is 0. The van der Waals surface area contributed by atoms with Crippen LogP contribution in [0.1, 0.15) is 11.1 Å². The Balaban J connectivity index is 1.80. The third-order valence-electron chi connectivity index (χ3n) is 4.79. The number of fused-ring (bicyclic) bond motifs is 3. The van der Waals surface area contributed by atoms with Crippen LogP contribution in [0.3, 0.4) is 0 Å². The molecule has 0 saturated carbocycles. The molecule has 0 radical (unpaired) electrons. The van der Waals surface area contributed by atoms with Gasteiger partial charge in [0, 0.05) is 37.3 Å². The first-order chi connectivity index (χ1) is 11.1. The van der Waals surface area contributed by atoms with Crippen LogP contribution in [0.2, 0.25) is 0 Å². The summed E-state index contributed by atoms with van der Waals surface area (Å²) in [6, 6.07) is 5.47. The molecule has 0 bridgehead atoms. The Morgan fingerprint density at radius 1 is 1.09 bits per heavy atom. The Bertz CT molecular complexity index is 753. The number of phenolic OH excluding ortho intramolecular Hbond substituents is 1. The van der Waals surface area contributed by atoms with Crippen LogP contribution in [0.15, 0.2) is 18.2 Å². The molecule has 23 heavy (non-hydrogen) atoms. The highest BCUT2D eigenvalue weighted by Crippen LogP contribution is 2.38. The van der Waals surface area contributed by atoms with Crippen LogP contribution in [0.25, 0.3) is 11.3 Å². The standard InChI is InChI=1S/C17H21N5O/c1-21-6-8-22(9-7-21)16-14-4-2-11-10-12(23)3-5-13(11)15(14)19-17(18)20-16/h3,5,10,23H,2,4,6-9H2,1H3,(H2,18,19,20). The van der Waals surface area contributed by atoms with Gasteiger partial charge in [0.1, 0.15) is 11.6 Å². The van der Waals surface area contributed by atoms with Gasteiger partial charge < -0.3 is 20.6 Å². The molecule has 120 valence electrons. The minimum atomic E-state index is 0.300. The quantitative estimate of drug-likeness (QED) is 0.826. The van der Waals surface area contributed by atoms with E-state index in [4.69, 9.17) is 5.73 Å². The number of aromatic nitrogens is 2. The van der Waals surface area contributed by atoms with Crippen LogP contribution < -0.4 is 10.6 Å². The Morgan fingerprint density at radius 2 is 1.87 bits per heavy atom. The second-order valence-corrected chi connectivity index (χ2v) is 6.36. The molecule has 0 unspecified atom stereocenters. The number of aromatic hydroxyl groups is 1. The number of rotatable bonds is 1. The number of nitrogens with zero attached hydrogens (tertiary/aromatic N) is 4. The number of aryl methyl sites for hydroxylation is 1. The van der Waals surface area contributed by atoms with E-state index in [2.05, 4.69) is 26.8 Å². The minimum Gasteiger partial charge on any atom is -0.508 e. The number of nitrogen functional groups attached to an aromatic ring is 1. The summed E-state index contributed by atoms with van der Waals surface area (Å²) in [5, 5.41) is 9.70. The first-order valence-corrected chi connectivity index (χ1v) is 8.04. The zero-order valence-corrected chi connectivity index (χ0v) is 13.3. The monoisotopic (exact) mass is 311 g/mol. The van der Waals surface area contributed by atoms with Crippen molar-refractivity contribution in [3.8, 4) is 17.0 Å². The molecular weight excluding hydrogens is 290 g/mol. The fourth-order valence-corrected chi connectivity index (χ4v) is 3.50. The number of likely N-dealkylation sites (N-methyl/N-ethyl adjacent to an activating group) is 1. The van der Waals surface area contributed by atoms with Gasteiger partial charge in [-0.25, -0.2) is 4.98 Å². The van der Waals surface area contributed by atoms with Gasteiger partial charge in [0.05, 0.1) is 5.69 Å². The van der Waals surface area contributed by atoms with Gasteiger partial charge in [-0.2, -0.15) is 4.98 Å². The number of hydrogen-bond acceptors (Lipinski definition) is 6. The van der Waals surface area contributed by atoms with E-state index in [1.54, 1.807) is 6.07 Å². The highest BCUT2D eigenvalue weighted by Gasteiger charge is 2.26. The van der Waals surface area contributed by atoms with Crippen molar-refractivity contribution in [2.75, 3.05) is 43.9 Å². The SMILES string of the molecule is CN1CCN(c2nc(N)nc3c2CCc2cc(O)ccc2-3)CC1. The third kappa shape index (κ3) is 2.49. The average Bonchev–Trinajstić information content (AvgIpc) is 2.54. The molecule has 1 saturated heterocycles. The van der Waals surface area contributed by atoms with Crippen LogP contribution in [0.4, 0.5) is 11.8 Å². The summed E-state index contributed by atoms with van der Waals surface area (Å²) in [7, 11) is 2.14. The van der Waals surface area contributed by atoms with E-state index in [0.717, 1.165) is 61.7 Å². The summed E-state index contributed by atoms with van der Waals surface area (Å²) in [4.78, 5) is 13.7.